The lowest BCUT2D eigenvalue weighted by Crippen LogP contribution is -2.28. The highest BCUT2D eigenvalue weighted by atomic mass is 19.1. The lowest BCUT2D eigenvalue weighted by atomic mass is 9.97. The first-order valence-electron chi connectivity index (χ1n) is 23.4. The Kier molecular flexibility index (Phi) is 12.4. The van der Waals surface area contributed by atoms with E-state index in [-0.39, 0.29) is 36.0 Å². The van der Waals surface area contributed by atoms with Gasteiger partial charge in [0.15, 0.2) is 11.3 Å². The Bertz CT molecular complexity index is 3410. The fourth-order valence-corrected chi connectivity index (χ4v) is 8.38. The molecule has 0 fully saturated rings. The summed E-state index contributed by atoms with van der Waals surface area (Å²) in [6.45, 7) is 14.6. The number of hydrogen-bond donors (Lipinski definition) is 5. The van der Waals surface area contributed by atoms with Gasteiger partial charge in [-0.3, -0.25) is 14.5 Å². The maximum Gasteiger partial charge on any atom is 0.309 e. The van der Waals surface area contributed by atoms with Gasteiger partial charge in [0.2, 0.25) is 11.8 Å². The molecule has 0 saturated heterocycles. The van der Waals surface area contributed by atoms with E-state index in [1.807, 2.05) is 53.7 Å². The highest BCUT2D eigenvalue weighted by Gasteiger charge is 2.27. The Morgan fingerprint density at radius 1 is 0.690 bits per heavy atom. The third kappa shape index (κ3) is 9.98. The van der Waals surface area contributed by atoms with E-state index in [1.54, 1.807) is 30.5 Å². The Morgan fingerprint density at radius 2 is 1.27 bits per heavy atom. The number of rotatable bonds is 12. The largest absolute Gasteiger partial charge is 0.416 e. The van der Waals surface area contributed by atoms with E-state index in [0.29, 0.717) is 82.7 Å². The highest BCUT2D eigenvalue weighted by Crippen LogP contribution is 2.34. The number of aromatic amines is 2. The highest BCUT2D eigenvalue weighted by molar-refractivity contribution is 5.93. The quantitative estimate of drug-likeness (QED) is 0.0789. The molecule has 18 nitrogen and oxygen atoms in total. The molecule has 0 radical (unpaired) electrons. The van der Waals surface area contributed by atoms with Gasteiger partial charge in [-0.2, -0.15) is 0 Å². The second-order valence-corrected chi connectivity index (χ2v) is 19.8. The minimum absolute atomic E-state index is 0.0739. The van der Waals surface area contributed by atoms with Gasteiger partial charge in [0.1, 0.15) is 34.3 Å². The standard InChI is InChI=1S/C51H52F2N14O4/c1-50(2,3)48-65-63-46(70-48)44(68)56-24-31-9-7-29(21-36(31)52)34-13-18-55-42-38(34)59-41(61-42)28-14-19-67(20-15-28)26-33-23-35(39-43(58-33)62-40(60-39)27-11-16-54-17-12-27)30-8-10-32(37(53)22-30)25-57-45(69)47-64-66-49(71-47)51(4,5)6/h7-11,13-14,18,21-23,54H,12,15-17,19-20,24-26H2,1-6H3,(H,56,68)(H,57,69)(H,55,59,61)(H,58,60,62). The molecule has 0 spiro atoms. The number of carbonyl (C=O) groups excluding carboxylic acids is 2. The predicted molar refractivity (Wildman–Crippen MR) is 260 cm³/mol. The van der Waals surface area contributed by atoms with E-state index in [2.05, 4.69) is 68.3 Å². The van der Waals surface area contributed by atoms with Crippen molar-refractivity contribution in [3.8, 4) is 22.3 Å². The van der Waals surface area contributed by atoms with E-state index < -0.39 is 34.3 Å². The Hall–Kier alpha value is -7.84. The number of benzene rings is 2. The van der Waals surface area contributed by atoms with Crippen molar-refractivity contribution in [3.05, 3.63) is 131 Å². The summed E-state index contributed by atoms with van der Waals surface area (Å²) < 4.78 is 42.5. The molecule has 8 aromatic rings. The molecule has 6 aromatic heterocycles. The second-order valence-electron chi connectivity index (χ2n) is 19.8. The van der Waals surface area contributed by atoms with Crippen LogP contribution in [-0.2, 0) is 30.5 Å². The van der Waals surface area contributed by atoms with Crippen molar-refractivity contribution in [3.63, 3.8) is 0 Å². The molecule has 2 amide bonds. The molecule has 0 atom stereocenters. The van der Waals surface area contributed by atoms with Gasteiger partial charge < -0.3 is 34.8 Å². The van der Waals surface area contributed by atoms with Crippen molar-refractivity contribution in [1.29, 1.82) is 0 Å². The fourth-order valence-electron chi connectivity index (χ4n) is 8.38. The smallest absolute Gasteiger partial charge is 0.309 e. The van der Waals surface area contributed by atoms with Crippen LogP contribution in [0, 0.1) is 11.6 Å². The number of imidazole rings is 2. The average Bonchev–Trinajstić information content (AvgIpc) is 4.20. The minimum Gasteiger partial charge on any atom is -0.416 e. The SMILES string of the molecule is CC(C)(C)c1nnc(C(=O)NCc2ccc(-c3ccnc4[nH]c(C5=CCN(Cc6cc(-c7ccc(CNC(=O)c8nnc(C(C)(C)C)o8)c(F)c7)c7nc(C8=CCNCC8)[nH]c7n6)CC5)nc34)cc2F)o1. The normalized spacial score (nSPS) is 14.8. The van der Waals surface area contributed by atoms with Gasteiger partial charge in [-0.1, -0.05) is 78.0 Å². The van der Waals surface area contributed by atoms with Crippen LogP contribution in [0.25, 0.3) is 55.7 Å². The van der Waals surface area contributed by atoms with Gasteiger partial charge in [-0.25, -0.2) is 28.7 Å². The maximum atomic E-state index is 15.9. The van der Waals surface area contributed by atoms with Crippen molar-refractivity contribution < 1.29 is 27.2 Å². The molecule has 5 N–H and O–H groups in total. The summed E-state index contributed by atoms with van der Waals surface area (Å²) in [6.07, 6.45) is 7.40. The van der Waals surface area contributed by atoms with Crippen LogP contribution in [0.1, 0.15) is 116 Å². The lowest BCUT2D eigenvalue weighted by molar-refractivity contribution is 0.0905. The third-order valence-corrected chi connectivity index (χ3v) is 12.4. The number of H-pyrrole nitrogens is 2. The van der Waals surface area contributed by atoms with Crippen molar-refractivity contribution in [2.75, 3.05) is 26.2 Å². The maximum absolute atomic E-state index is 15.9. The number of carbonyl (C=O) groups is 2. The number of nitrogens with zero attached hydrogens (tertiary/aromatic N) is 9. The second kappa shape index (κ2) is 18.8. The predicted octanol–water partition coefficient (Wildman–Crippen LogP) is 7.73. The monoisotopic (exact) mass is 962 g/mol. The summed E-state index contributed by atoms with van der Waals surface area (Å²) in [7, 11) is 0. The Morgan fingerprint density at radius 3 is 1.80 bits per heavy atom. The van der Waals surface area contributed by atoms with E-state index in [0.717, 1.165) is 47.7 Å². The molecular formula is C51H52F2N14O4. The first kappa shape index (κ1) is 46.9. The van der Waals surface area contributed by atoms with Crippen molar-refractivity contribution in [2.45, 2.75) is 84.8 Å². The number of amides is 2. The van der Waals surface area contributed by atoms with Gasteiger partial charge in [0, 0.05) is 78.5 Å². The summed E-state index contributed by atoms with van der Waals surface area (Å²) in [5, 5.41) is 24.3. The lowest BCUT2D eigenvalue weighted by Gasteiger charge is -2.25. The van der Waals surface area contributed by atoms with Crippen molar-refractivity contribution in [1.82, 2.24) is 71.1 Å². The summed E-state index contributed by atoms with van der Waals surface area (Å²) in [6, 6.07) is 13.6. The van der Waals surface area contributed by atoms with Crippen molar-refractivity contribution >= 4 is 45.3 Å². The zero-order chi connectivity index (χ0) is 49.6. The van der Waals surface area contributed by atoms with Crippen LogP contribution in [0.4, 0.5) is 8.78 Å². The number of nitrogens with one attached hydrogen (secondary N) is 5. The van der Waals surface area contributed by atoms with Gasteiger partial charge in [-0.05, 0) is 65.9 Å². The molecule has 2 aromatic carbocycles. The number of halogens is 2. The summed E-state index contributed by atoms with van der Waals surface area (Å²) >= 11 is 0. The molecule has 0 aliphatic carbocycles. The third-order valence-electron chi connectivity index (χ3n) is 12.4. The van der Waals surface area contributed by atoms with Gasteiger partial charge >= 0.3 is 23.6 Å². The molecular weight excluding hydrogens is 911 g/mol. The average molecular weight is 963 g/mol. The fraction of sp³-hybridized carbons (Fsp3) is 0.333. The molecule has 364 valence electrons. The molecule has 0 bridgehead atoms. The topological polar surface area (TPSA) is 234 Å². The zero-order valence-corrected chi connectivity index (χ0v) is 40.1. The van der Waals surface area contributed by atoms with Crippen molar-refractivity contribution in [2.24, 2.45) is 0 Å². The minimum atomic E-state index is -0.590. The molecule has 10 rings (SSSR count). The van der Waals surface area contributed by atoms with Crippen LogP contribution in [-0.4, -0.2) is 93.2 Å². The summed E-state index contributed by atoms with van der Waals surface area (Å²) in [4.78, 5) is 54.1. The summed E-state index contributed by atoms with van der Waals surface area (Å²) in [5.41, 5.74) is 7.71. The number of fused-ring (bicyclic) bond motifs is 2. The van der Waals surface area contributed by atoms with Crippen LogP contribution >= 0.6 is 0 Å². The van der Waals surface area contributed by atoms with Gasteiger partial charge in [0.05, 0.1) is 5.69 Å². The summed E-state index contributed by atoms with van der Waals surface area (Å²) in [5.74, 6) is -0.452. The zero-order valence-electron chi connectivity index (χ0n) is 40.1. The number of hydrogen-bond acceptors (Lipinski definition) is 14. The Labute approximate surface area is 406 Å². The first-order valence-corrected chi connectivity index (χ1v) is 23.4. The van der Waals surface area contributed by atoms with Crippen LogP contribution in [0.5, 0.6) is 0 Å². The molecule has 0 saturated carbocycles. The molecule has 20 heteroatoms. The van der Waals surface area contributed by atoms with Crippen LogP contribution in [0.3, 0.4) is 0 Å². The molecule has 71 heavy (non-hydrogen) atoms. The van der Waals surface area contributed by atoms with Crippen LogP contribution in [0.2, 0.25) is 0 Å². The molecule has 8 heterocycles. The molecule has 2 aliphatic heterocycles. The molecule has 0 unspecified atom stereocenters. The number of aromatic nitrogens is 10. The van der Waals surface area contributed by atoms with Gasteiger partial charge in [0.25, 0.3) is 0 Å². The van der Waals surface area contributed by atoms with E-state index >= 15 is 8.78 Å². The van der Waals surface area contributed by atoms with E-state index in [4.69, 9.17) is 23.8 Å². The molecule has 2 aliphatic rings. The van der Waals surface area contributed by atoms with E-state index in [9.17, 15) is 9.59 Å². The van der Waals surface area contributed by atoms with Crippen LogP contribution < -0.4 is 16.0 Å². The Balaban J connectivity index is 0.840. The van der Waals surface area contributed by atoms with Crippen LogP contribution in [0.15, 0.2) is 75.7 Å². The number of pyridine rings is 2. The first-order chi connectivity index (χ1) is 34.0. The van der Waals surface area contributed by atoms with E-state index in [1.165, 1.54) is 12.1 Å². The van der Waals surface area contributed by atoms with Gasteiger partial charge in [-0.15, -0.1) is 20.4 Å².